The van der Waals surface area contributed by atoms with Crippen LogP contribution in [0.2, 0.25) is 5.02 Å². The summed E-state index contributed by atoms with van der Waals surface area (Å²) in [7, 11) is 0. The van der Waals surface area contributed by atoms with Gasteiger partial charge in [-0.15, -0.1) is 0 Å². The van der Waals surface area contributed by atoms with Gasteiger partial charge in [0.15, 0.2) is 17.5 Å². The maximum atomic E-state index is 6.32. The van der Waals surface area contributed by atoms with Gasteiger partial charge in [0.05, 0.1) is 0 Å². The standard InChI is InChI=1S/C35H22ClN3/c36-30-12-5-11-28(22-30)34-37-33(38-35(39-34)29-20-15-23-7-1-2-9-27(23)21-29)26-18-16-25(17-19-26)32-14-6-10-24-8-3-4-13-31(24)32/h1-22H. The Balaban J connectivity index is 1.35. The number of fused-ring (bicyclic) bond motifs is 2. The minimum Gasteiger partial charge on any atom is -0.208 e. The van der Waals surface area contributed by atoms with Gasteiger partial charge in [-0.1, -0.05) is 127 Å². The summed E-state index contributed by atoms with van der Waals surface area (Å²) in [6, 6.07) is 45.5. The molecule has 39 heavy (non-hydrogen) atoms. The molecule has 7 aromatic rings. The van der Waals surface area contributed by atoms with Crippen molar-refractivity contribution in [1.29, 1.82) is 0 Å². The van der Waals surface area contributed by atoms with Crippen LogP contribution in [0.5, 0.6) is 0 Å². The molecule has 0 bridgehead atoms. The Bertz CT molecular complexity index is 1970. The number of halogens is 1. The molecule has 0 spiro atoms. The van der Waals surface area contributed by atoms with E-state index in [0.29, 0.717) is 22.5 Å². The number of hydrogen-bond donors (Lipinski definition) is 0. The van der Waals surface area contributed by atoms with Gasteiger partial charge >= 0.3 is 0 Å². The predicted molar refractivity (Wildman–Crippen MR) is 162 cm³/mol. The molecular formula is C35H22ClN3. The molecule has 0 aliphatic rings. The summed E-state index contributed by atoms with van der Waals surface area (Å²) < 4.78 is 0. The summed E-state index contributed by atoms with van der Waals surface area (Å²) in [6.45, 7) is 0. The van der Waals surface area contributed by atoms with E-state index in [4.69, 9.17) is 26.6 Å². The molecule has 7 rings (SSSR count). The summed E-state index contributed by atoms with van der Waals surface area (Å²) >= 11 is 6.32. The zero-order valence-corrected chi connectivity index (χ0v) is 21.7. The van der Waals surface area contributed by atoms with Crippen LogP contribution in [-0.4, -0.2) is 15.0 Å². The van der Waals surface area contributed by atoms with E-state index < -0.39 is 0 Å². The van der Waals surface area contributed by atoms with E-state index in [1.165, 1.54) is 21.7 Å². The summed E-state index contributed by atoms with van der Waals surface area (Å²) in [5.74, 6) is 1.83. The van der Waals surface area contributed by atoms with Gasteiger partial charge in [0.1, 0.15) is 0 Å². The van der Waals surface area contributed by atoms with E-state index in [1.807, 2.05) is 36.4 Å². The number of rotatable bonds is 4. The predicted octanol–water partition coefficient (Wildman–Crippen LogP) is 9.50. The molecule has 0 radical (unpaired) electrons. The van der Waals surface area contributed by atoms with Gasteiger partial charge in [-0.2, -0.15) is 0 Å². The molecule has 4 heteroatoms. The number of benzene rings is 6. The van der Waals surface area contributed by atoms with Crippen LogP contribution in [0.15, 0.2) is 133 Å². The van der Waals surface area contributed by atoms with Crippen LogP contribution in [0.3, 0.4) is 0 Å². The number of hydrogen-bond acceptors (Lipinski definition) is 3. The third kappa shape index (κ3) is 4.54. The molecule has 0 fully saturated rings. The van der Waals surface area contributed by atoms with Crippen LogP contribution in [0.1, 0.15) is 0 Å². The Kier molecular flexibility index (Phi) is 5.84. The monoisotopic (exact) mass is 519 g/mol. The van der Waals surface area contributed by atoms with E-state index in [-0.39, 0.29) is 0 Å². The van der Waals surface area contributed by atoms with E-state index in [2.05, 4.69) is 97.1 Å². The maximum absolute atomic E-state index is 6.32. The fourth-order valence-electron chi connectivity index (χ4n) is 5.00. The molecule has 1 heterocycles. The van der Waals surface area contributed by atoms with Crippen molar-refractivity contribution in [2.45, 2.75) is 0 Å². The van der Waals surface area contributed by atoms with Crippen molar-refractivity contribution in [3.8, 4) is 45.3 Å². The SMILES string of the molecule is Clc1cccc(-c2nc(-c3ccc(-c4cccc5ccccc45)cc3)nc(-c3ccc4ccccc4c3)n2)c1. The van der Waals surface area contributed by atoms with E-state index in [1.54, 1.807) is 0 Å². The van der Waals surface area contributed by atoms with Crippen LogP contribution in [0.4, 0.5) is 0 Å². The highest BCUT2D eigenvalue weighted by Crippen LogP contribution is 2.31. The second-order valence-corrected chi connectivity index (χ2v) is 9.92. The molecule has 0 aliphatic carbocycles. The van der Waals surface area contributed by atoms with Crippen molar-refractivity contribution < 1.29 is 0 Å². The fourth-order valence-corrected chi connectivity index (χ4v) is 5.19. The Hall–Kier alpha value is -4.86. The topological polar surface area (TPSA) is 38.7 Å². The lowest BCUT2D eigenvalue weighted by molar-refractivity contribution is 1.07. The van der Waals surface area contributed by atoms with Gasteiger partial charge < -0.3 is 0 Å². The average Bonchev–Trinajstić information content (AvgIpc) is 3.00. The Labute approximate surface area is 231 Å². The number of nitrogens with zero attached hydrogens (tertiary/aromatic N) is 3. The molecule has 3 nitrogen and oxygen atoms in total. The summed E-state index contributed by atoms with van der Waals surface area (Å²) in [5.41, 5.74) is 5.06. The molecule has 0 unspecified atom stereocenters. The van der Waals surface area contributed by atoms with Crippen LogP contribution >= 0.6 is 11.6 Å². The number of aromatic nitrogens is 3. The van der Waals surface area contributed by atoms with Crippen LogP contribution in [0.25, 0.3) is 66.8 Å². The minimum absolute atomic E-state index is 0.587. The van der Waals surface area contributed by atoms with Crippen LogP contribution in [-0.2, 0) is 0 Å². The molecule has 1 aromatic heterocycles. The fraction of sp³-hybridized carbons (Fsp3) is 0. The molecule has 0 amide bonds. The van der Waals surface area contributed by atoms with Gasteiger partial charge in [-0.25, -0.2) is 15.0 Å². The highest BCUT2D eigenvalue weighted by Gasteiger charge is 2.14. The van der Waals surface area contributed by atoms with E-state index in [9.17, 15) is 0 Å². The molecule has 0 atom stereocenters. The zero-order chi connectivity index (χ0) is 26.2. The van der Waals surface area contributed by atoms with Gasteiger partial charge in [0.25, 0.3) is 0 Å². The van der Waals surface area contributed by atoms with Crippen LogP contribution < -0.4 is 0 Å². The Morgan fingerprint density at radius 3 is 1.72 bits per heavy atom. The smallest absolute Gasteiger partial charge is 0.164 e. The van der Waals surface area contributed by atoms with Crippen LogP contribution in [0, 0.1) is 0 Å². The maximum Gasteiger partial charge on any atom is 0.164 e. The van der Waals surface area contributed by atoms with Crippen molar-refractivity contribution in [2.24, 2.45) is 0 Å². The third-order valence-electron chi connectivity index (χ3n) is 6.97. The van der Waals surface area contributed by atoms with Crippen molar-refractivity contribution >= 4 is 33.1 Å². The highest BCUT2D eigenvalue weighted by molar-refractivity contribution is 6.30. The van der Waals surface area contributed by atoms with Crippen molar-refractivity contribution in [3.05, 3.63) is 138 Å². The van der Waals surface area contributed by atoms with Gasteiger partial charge in [-0.05, 0) is 50.9 Å². The molecule has 0 saturated heterocycles. The lowest BCUT2D eigenvalue weighted by atomic mass is 9.97. The molecule has 0 N–H and O–H groups in total. The third-order valence-corrected chi connectivity index (χ3v) is 7.20. The lowest BCUT2D eigenvalue weighted by Gasteiger charge is -2.10. The van der Waals surface area contributed by atoms with E-state index in [0.717, 1.165) is 27.6 Å². The molecule has 6 aromatic carbocycles. The van der Waals surface area contributed by atoms with Crippen molar-refractivity contribution in [3.63, 3.8) is 0 Å². The van der Waals surface area contributed by atoms with E-state index >= 15 is 0 Å². The van der Waals surface area contributed by atoms with Gasteiger partial charge in [0.2, 0.25) is 0 Å². The molecule has 0 saturated carbocycles. The summed E-state index contributed by atoms with van der Waals surface area (Å²) in [6.07, 6.45) is 0. The second-order valence-electron chi connectivity index (χ2n) is 9.48. The average molecular weight is 520 g/mol. The normalized spacial score (nSPS) is 11.2. The zero-order valence-electron chi connectivity index (χ0n) is 20.9. The molecule has 0 aliphatic heterocycles. The van der Waals surface area contributed by atoms with Gasteiger partial charge in [0, 0.05) is 21.7 Å². The molecule has 184 valence electrons. The Morgan fingerprint density at radius 2 is 0.949 bits per heavy atom. The quantitative estimate of drug-likeness (QED) is 0.232. The van der Waals surface area contributed by atoms with Crippen molar-refractivity contribution in [2.75, 3.05) is 0 Å². The second kappa shape index (κ2) is 9.79. The summed E-state index contributed by atoms with van der Waals surface area (Å²) in [5, 5.41) is 5.41. The lowest BCUT2D eigenvalue weighted by Crippen LogP contribution is -2.00. The first-order chi connectivity index (χ1) is 19.2. The highest BCUT2D eigenvalue weighted by atomic mass is 35.5. The Morgan fingerprint density at radius 1 is 0.385 bits per heavy atom. The van der Waals surface area contributed by atoms with Gasteiger partial charge in [-0.3, -0.25) is 0 Å². The largest absolute Gasteiger partial charge is 0.208 e. The molecular weight excluding hydrogens is 498 g/mol. The summed E-state index contributed by atoms with van der Waals surface area (Å²) in [4.78, 5) is 14.7. The van der Waals surface area contributed by atoms with Crippen molar-refractivity contribution in [1.82, 2.24) is 15.0 Å². The first-order valence-electron chi connectivity index (χ1n) is 12.8. The first kappa shape index (κ1) is 23.3. The first-order valence-corrected chi connectivity index (χ1v) is 13.2. The minimum atomic E-state index is 0.587.